The number of nitrogens with zero attached hydrogens (tertiary/aromatic N) is 4. The maximum absolute atomic E-state index is 10.0. The summed E-state index contributed by atoms with van der Waals surface area (Å²) in [7, 11) is 0. The number of hydrogen-bond acceptors (Lipinski definition) is 2. The molecule has 10 aromatic rings. The molecule has 0 N–H and O–H groups in total. The van der Waals surface area contributed by atoms with E-state index in [2.05, 4.69) is 155 Å². The van der Waals surface area contributed by atoms with E-state index in [1.165, 1.54) is 32.9 Å². The summed E-state index contributed by atoms with van der Waals surface area (Å²) in [6.07, 6.45) is 0. The number of aromatic nitrogens is 3. The van der Waals surface area contributed by atoms with Gasteiger partial charge in [-0.2, -0.15) is 5.26 Å². The molecule has 0 aliphatic rings. The summed E-state index contributed by atoms with van der Waals surface area (Å²) in [4.78, 5) is 5.04. The lowest BCUT2D eigenvalue weighted by Gasteiger charge is -2.10. The predicted octanol–water partition coefficient (Wildman–Crippen LogP) is 11.6. The Morgan fingerprint density at radius 2 is 0.900 bits per heavy atom. The third kappa shape index (κ3) is 4.28. The molecular weight excluding hydrogens is 609 g/mol. The third-order valence-corrected chi connectivity index (χ3v) is 9.94. The maximum atomic E-state index is 10.0. The monoisotopic (exact) mass is 636 g/mol. The number of benzene rings is 7. The van der Waals surface area contributed by atoms with Crippen molar-refractivity contribution >= 4 is 54.5 Å². The van der Waals surface area contributed by atoms with E-state index in [1.807, 2.05) is 30.3 Å². The first-order valence-electron chi connectivity index (χ1n) is 16.8. The molecule has 0 atom stereocenters. The van der Waals surface area contributed by atoms with Gasteiger partial charge >= 0.3 is 0 Å². The Morgan fingerprint density at radius 3 is 1.56 bits per heavy atom. The van der Waals surface area contributed by atoms with Gasteiger partial charge in [0.2, 0.25) is 0 Å². The smallest absolute Gasteiger partial charge is 0.139 e. The van der Waals surface area contributed by atoms with Crippen LogP contribution in [-0.2, 0) is 0 Å². The van der Waals surface area contributed by atoms with Crippen molar-refractivity contribution in [3.63, 3.8) is 0 Å². The molecule has 0 aliphatic heterocycles. The number of fused-ring (bicyclic) bond motifs is 7. The third-order valence-electron chi connectivity index (χ3n) is 9.94. The van der Waals surface area contributed by atoms with E-state index < -0.39 is 0 Å². The van der Waals surface area contributed by atoms with Gasteiger partial charge in [0.25, 0.3) is 0 Å². The topological polar surface area (TPSA) is 46.5 Å². The van der Waals surface area contributed by atoms with E-state index in [1.54, 1.807) is 0 Å². The van der Waals surface area contributed by atoms with Crippen molar-refractivity contribution in [2.75, 3.05) is 0 Å². The Labute approximate surface area is 288 Å². The van der Waals surface area contributed by atoms with Crippen molar-refractivity contribution < 1.29 is 0 Å². The molecule has 0 radical (unpaired) electrons. The van der Waals surface area contributed by atoms with Crippen molar-refractivity contribution in [2.24, 2.45) is 0 Å². The fraction of sp³-hybridized carbons (Fsp3) is 0. The molecule has 4 heteroatoms. The summed E-state index contributed by atoms with van der Waals surface area (Å²) in [6, 6.07) is 62.1. The molecule has 3 heterocycles. The Kier molecular flexibility index (Phi) is 6.21. The van der Waals surface area contributed by atoms with Gasteiger partial charge in [-0.3, -0.25) is 4.57 Å². The minimum Gasteiger partial charge on any atom is -0.309 e. The molecule has 4 nitrogen and oxygen atoms in total. The highest BCUT2D eigenvalue weighted by molar-refractivity contribution is 6.13. The van der Waals surface area contributed by atoms with Crippen LogP contribution in [0.2, 0.25) is 0 Å². The van der Waals surface area contributed by atoms with Crippen molar-refractivity contribution in [3.05, 3.63) is 175 Å². The van der Waals surface area contributed by atoms with Gasteiger partial charge in [-0.05, 0) is 89.0 Å². The normalized spacial score (nSPS) is 11.6. The van der Waals surface area contributed by atoms with Gasteiger partial charge in [0.05, 0.1) is 39.2 Å². The van der Waals surface area contributed by atoms with Gasteiger partial charge in [0, 0.05) is 32.6 Å². The summed E-state index contributed by atoms with van der Waals surface area (Å²) >= 11 is 0. The Bertz CT molecular complexity index is 2980. The molecule has 50 heavy (non-hydrogen) atoms. The lowest BCUT2D eigenvalue weighted by atomic mass is 9.99. The number of rotatable bonds is 4. The van der Waals surface area contributed by atoms with E-state index in [-0.39, 0.29) is 0 Å². The van der Waals surface area contributed by atoms with E-state index in [0.29, 0.717) is 5.56 Å². The SMILES string of the molecule is N#Cc1cc(-n2c3ccccc3c3cc(-c4ccc5c(c4)c4cc(-c6ccccc6)ccc4n5-c4ccccc4)ccc32)nc2ccccc12. The van der Waals surface area contributed by atoms with Crippen molar-refractivity contribution in [1.82, 2.24) is 14.1 Å². The number of hydrogen-bond donors (Lipinski definition) is 0. The second-order valence-corrected chi connectivity index (χ2v) is 12.7. The summed E-state index contributed by atoms with van der Waals surface area (Å²) in [6.45, 7) is 0. The van der Waals surface area contributed by atoms with Crippen LogP contribution >= 0.6 is 0 Å². The quantitative estimate of drug-likeness (QED) is 0.193. The molecule has 10 rings (SSSR count). The van der Waals surface area contributed by atoms with Crippen LogP contribution in [0.15, 0.2) is 170 Å². The van der Waals surface area contributed by atoms with Crippen LogP contribution in [-0.4, -0.2) is 14.1 Å². The molecule has 0 fully saturated rings. The van der Waals surface area contributed by atoms with Crippen LogP contribution in [0, 0.1) is 11.3 Å². The zero-order chi connectivity index (χ0) is 33.2. The first kappa shape index (κ1) is 28.1. The minimum atomic E-state index is 0.617. The molecule has 0 aliphatic carbocycles. The van der Waals surface area contributed by atoms with Crippen LogP contribution in [0.4, 0.5) is 0 Å². The lowest BCUT2D eigenvalue weighted by Crippen LogP contribution is -1.99. The Hall–Kier alpha value is -6.96. The fourth-order valence-electron chi connectivity index (χ4n) is 7.64. The lowest BCUT2D eigenvalue weighted by molar-refractivity contribution is 1.10. The molecule has 232 valence electrons. The standard InChI is InChI=1S/C46H28N4/c47-29-34-28-46(48-41-17-9-7-15-36(34)41)50-42-18-10-8-16-37(42)38-26-32(21-24-45(38)50)33-20-23-44-40(27-33)39-25-31(30-11-3-1-4-12-30)19-22-43(39)49(44)35-13-5-2-6-14-35/h1-28H. The molecule has 0 saturated carbocycles. The second-order valence-electron chi connectivity index (χ2n) is 12.7. The minimum absolute atomic E-state index is 0.617. The van der Waals surface area contributed by atoms with E-state index in [9.17, 15) is 5.26 Å². The van der Waals surface area contributed by atoms with Gasteiger partial charge in [-0.1, -0.05) is 103 Å². The predicted molar refractivity (Wildman–Crippen MR) is 206 cm³/mol. The van der Waals surface area contributed by atoms with E-state index >= 15 is 0 Å². The Balaban J connectivity index is 1.19. The van der Waals surface area contributed by atoms with Crippen LogP contribution in [0.3, 0.4) is 0 Å². The van der Waals surface area contributed by atoms with Crippen LogP contribution < -0.4 is 0 Å². The number of nitriles is 1. The molecule has 0 amide bonds. The van der Waals surface area contributed by atoms with Crippen LogP contribution in [0.25, 0.3) is 88.3 Å². The van der Waals surface area contributed by atoms with Crippen molar-refractivity contribution in [3.8, 4) is 39.8 Å². The molecule has 0 spiro atoms. The first-order chi connectivity index (χ1) is 24.7. The number of pyridine rings is 1. The molecule has 7 aromatic carbocycles. The van der Waals surface area contributed by atoms with Gasteiger partial charge < -0.3 is 4.57 Å². The average molecular weight is 637 g/mol. The van der Waals surface area contributed by atoms with Crippen LogP contribution in [0.5, 0.6) is 0 Å². The van der Waals surface area contributed by atoms with Gasteiger partial charge in [0.15, 0.2) is 0 Å². The van der Waals surface area contributed by atoms with Gasteiger partial charge in [-0.25, -0.2) is 4.98 Å². The summed E-state index contributed by atoms with van der Waals surface area (Å²) < 4.78 is 4.55. The molecule has 3 aromatic heterocycles. The molecular formula is C46H28N4. The highest BCUT2D eigenvalue weighted by Crippen LogP contribution is 2.39. The van der Waals surface area contributed by atoms with Gasteiger partial charge in [-0.15, -0.1) is 0 Å². The number of para-hydroxylation sites is 3. The highest BCUT2D eigenvalue weighted by Gasteiger charge is 2.18. The van der Waals surface area contributed by atoms with E-state index in [0.717, 1.165) is 55.3 Å². The zero-order valence-corrected chi connectivity index (χ0v) is 27.0. The summed E-state index contributed by atoms with van der Waals surface area (Å²) in [5, 5.41) is 15.6. The first-order valence-corrected chi connectivity index (χ1v) is 16.8. The summed E-state index contributed by atoms with van der Waals surface area (Å²) in [5.41, 5.74) is 11.7. The van der Waals surface area contributed by atoms with Gasteiger partial charge in [0.1, 0.15) is 5.82 Å². The van der Waals surface area contributed by atoms with E-state index in [4.69, 9.17) is 4.98 Å². The zero-order valence-electron chi connectivity index (χ0n) is 27.0. The maximum Gasteiger partial charge on any atom is 0.139 e. The van der Waals surface area contributed by atoms with Crippen molar-refractivity contribution in [2.45, 2.75) is 0 Å². The van der Waals surface area contributed by atoms with Crippen LogP contribution in [0.1, 0.15) is 5.56 Å². The largest absolute Gasteiger partial charge is 0.309 e. The molecule has 0 unspecified atom stereocenters. The Morgan fingerprint density at radius 1 is 0.400 bits per heavy atom. The molecule has 0 saturated heterocycles. The average Bonchev–Trinajstić information content (AvgIpc) is 3.70. The van der Waals surface area contributed by atoms with Crippen molar-refractivity contribution in [1.29, 1.82) is 5.26 Å². The fourth-order valence-corrected chi connectivity index (χ4v) is 7.64. The second kappa shape index (κ2) is 11.1. The summed E-state index contributed by atoms with van der Waals surface area (Å²) in [5.74, 6) is 0.739. The molecule has 0 bridgehead atoms. The highest BCUT2D eigenvalue weighted by atomic mass is 15.1.